The van der Waals surface area contributed by atoms with Gasteiger partial charge in [-0.1, -0.05) is 38.1 Å². The van der Waals surface area contributed by atoms with E-state index < -0.39 is 0 Å². The summed E-state index contributed by atoms with van der Waals surface area (Å²) in [5.74, 6) is 0.593. The van der Waals surface area contributed by atoms with Gasteiger partial charge in [0.25, 0.3) is 0 Å². The SMILES string of the molecule is CC(C)c1ccc(Cn2cncc2C2CCCN2)cc1. The molecule has 0 bridgehead atoms. The maximum Gasteiger partial charge on any atom is 0.0951 e. The van der Waals surface area contributed by atoms with Crippen LogP contribution in [-0.2, 0) is 6.54 Å². The maximum atomic E-state index is 4.33. The molecule has 1 aromatic heterocycles. The van der Waals surface area contributed by atoms with Crippen molar-refractivity contribution in [3.8, 4) is 0 Å². The zero-order chi connectivity index (χ0) is 13.9. The number of nitrogens with zero attached hydrogens (tertiary/aromatic N) is 2. The fraction of sp³-hybridized carbons (Fsp3) is 0.471. The summed E-state index contributed by atoms with van der Waals surface area (Å²) in [6.45, 7) is 6.49. The number of hydrogen-bond donors (Lipinski definition) is 1. The molecule has 2 heterocycles. The second-order valence-electron chi connectivity index (χ2n) is 5.99. The van der Waals surface area contributed by atoms with Gasteiger partial charge in [-0.05, 0) is 36.4 Å². The predicted molar refractivity (Wildman–Crippen MR) is 81.8 cm³/mol. The van der Waals surface area contributed by atoms with Crippen LogP contribution in [0.1, 0.15) is 55.5 Å². The molecule has 3 heteroatoms. The minimum atomic E-state index is 0.479. The van der Waals surface area contributed by atoms with E-state index in [1.54, 1.807) is 0 Å². The van der Waals surface area contributed by atoms with Crippen LogP contribution < -0.4 is 5.32 Å². The Morgan fingerprint density at radius 3 is 2.75 bits per heavy atom. The van der Waals surface area contributed by atoms with E-state index in [0.717, 1.165) is 13.1 Å². The smallest absolute Gasteiger partial charge is 0.0951 e. The molecule has 2 aromatic rings. The third kappa shape index (κ3) is 2.78. The van der Waals surface area contributed by atoms with E-state index in [1.807, 2.05) is 12.5 Å². The first-order valence-corrected chi connectivity index (χ1v) is 7.56. The van der Waals surface area contributed by atoms with Gasteiger partial charge in [0.05, 0.1) is 12.0 Å². The Kier molecular flexibility index (Phi) is 3.88. The third-order valence-corrected chi connectivity index (χ3v) is 4.16. The molecule has 0 aliphatic carbocycles. The Morgan fingerprint density at radius 1 is 1.30 bits per heavy atom. The average Bonchev–Trinajstić information content (AvgIpc) is 3.09. The van der Waals surface area contributed by atoms with Gasteiger partial charge in [0.1, 0.15) is 0 Å². The number of imidazole rings is 1. The highest BCUT2D eigenvalue weighted by atomic mass is 15.1. The van der Waals surface area contributed by atoms with Crippen molar-refractivity contribution in [3.63, 3.8) is 0 Å². The van der Waals surface area contributed by atoms with Crippen LogP contribution in [0.2, 0.25) is 0 Å². The van der Waals surface area contributed by atoms with Gasteiger partial charge in [-0.2, -0.15) is 0 Å². The van der Waals surface area contributed by atoms with Crippen molar-refractivity contribution in [2.75, 3.05) is 6.54 Å². The standard InChI is InChI=1S/C17H23N3/c1-13(2)15-7-5-14(6-8-15)11-20-12-18-10-17(20)16-4-3-9-19-16/h5-8,10,12-13,16,19H,3-4,9,11H2,1-2H3. The fourth-order valence-corrected chi connectivity index (χ4v) is 2.89. The van der Waals surface area contributed by atoms with Crippen LogP contribution >= 0.6 is 0 Å². The second kappa shape index (κ2) is 5.80. The van der Waals surface area contributed by atoms with Crippen LogP contribution in [0.5, 0.6) is 0 Å². The number of nitrogens with one attached hydrogen (secondary N) is 1. The van der Waals surface area contributed by atoms with Crippen molar-refractivity contribution in [1.82, 2.24) is 14.9 Å². The number of rotatable bonds is 4. The number of hydrogen-bond acceptors (Lipinski definition) is 2. The van der Waals surface area contributed by atoms with Crippen LogP contribution in [0.3, 0.4) is 0 Å². The molecule has 0 spiro atoms. The molecular formula is C17H23N3. The van der Waals surface area contributed by atoms with Gasteiger partial charge in [-0.25, -0.2) is 4.98 Å². The van der Waals surface area contributed by atoms with Crippen LogP contribution in [0.15, 0.2) is 36.8 Å². The molecule has 0 amide bonds. The lowest BCUT2D eigenvalue weighted by molar-refractivity contribution is 0.584. The van der Waals surface area contributed by atoms with E-state index in [-0.39, 0.29) is 0 Å². The molecule has 20 heavy (non-hydrogen) atoms. The molecule has 0 saturated carbocycles. The Hall–Kier alpha value is -1.61. The average molecular weight is 269 g/mol. The van der Waals surface area contributed by atoms with Crippen molar-refractivity contribution in [1.29, 1.82) is 0 Å². The quantitative estimate of drug-likeness (QED) is 0.921. The number of benzene rings is 1. The summed E-state index contributed by atoms with van der Waals surface area (Å²) in [7, 11) is 0. The van der Waals surface area contributed by atoms with Crippen molar-refractivity contribution in [2.24, 2.45) is 0 Å². The summed E-state index contributed by atoms with van der Waals surface area (Å²) in [4.78, 5) is 4.33. The van der Waals surface area contributed by atoms with Gasteiger partial charge in [-0.15, -0.1) is 0 Å². The molecule has 1 aliphatic heterocycles. The summed E-state index contributed by atoms with van der Waals surface area (Å²) in [5.41, 5.74) is 4.05. The van der Waals surface area contributed by atoms with Gasteiger partial charge in [0.15, 0.2) is 0 Å². The van der Waals surface area contributed by atoms with E-state index in [4.69, 9.17) is 0 Å². The molecule has 1 aliphatic rings. The largest absolute Gasteiger partial charge is 0.329 e. The first-order valence-electron chi connectivity index (χ1n) is 7.56. The Labute approximate surface area is 121 Å². The summed E-state index contributed by atoms with van der Waals surface area (Å²) in [6.07, 6.45) is 6.44. The topological polar surface area (TPSA) is 29.9 Å². The second-order valence-corrected chi connectivity index (χ2v) is 5.99. The minimum absolute atomic E-state index is 0.479. The molecule has 106 valence electrons. The lowest BCUT2D eigenvalue weighted by atomic mass is 10.0. The van der Waals surface area contributed by atoms with Gasteiger partial charge >= 0.3 is 0 Å². The van der Waals surface area contributed by atoms with Crippen LogP contribution in [-0.4, -0.2) is 16.1 Å². The number of aromatic nitrogens is 2. The molecule has 3 rings (SSSR count). The van der Waals surface area contributed by atoms with E-state index in [2.05, 4.69) is 53.0 Å². The molecule has 0 radical (unpaired) electrons. The molecular weight excluding hydrogens is 246 g/mol. The van der Waals surface area contributed by atoms with E-state index in [1.165, 1.54) is 29.7 Å². The van der Waals surface area contributed by atoms with Crippen molar-refractivity contribution in [2.45, 2.75) is 45.2 Å². The highest BCUT2D eigenvalue weighted by Crippen LogP contribution is 2.23. The highest BCUT2D eigenvalue weighted by molar-refractivity contribution is 5.25. The van der Waals surface area contributed by atoms with Gasteiger partial charge in [0.2, 0.25) is 0 Å². The van der Waals surface area contributed by atoms with Gasteiger partial charge in [-0.3, -0.25) is 0 Å². The summed E-state index contributed by atoms with van der Waals surface area (Å²) >= 11 is 0. The summed E-state index contributed by atoms with van der Waals surface area (Å²) < 4.78 is 2.27. The first kappa shape index (κ1) is 13.4. The molecule has 1 atom stereocenters. The molecule has 1 fully saturated rings. The minimum Gasteiger partial charge on any atom is -0.329 e. The Balaban J connectivity index is 1.76. The lowest BCUT2D eigenvalue weighted by Gasteiger charge is -2.14. The highest BCUT2D eigenvalue weighted by Gasteiger charge is 2.19. The molecule has 1 N–H and O–H groups in total. The van der Waals surface area contributed by atoms with E-state index >= 15 is 0 Å². The van der Waals surface area contributed by atoms with Crippen molar-refractivity contribution >= 4 is 0 Å². The molecule has 1 saturated heterocycles. The molecule has 1 unspecified atom stereocenters. The van der Waals surface area contributed by atoms with Crippen LogP contribution in [0, 0.1) is 0 Å². The zero-order valence-electron chi connectivity index (χ0n) is 12.3. The van der Waals surface area contributed by atoms with E-state index in [9.17, 15) is 0 Å². The van der Waals surface area contributed by atoms with E-state index in [0.29, 0.717) is 12.0 Å². The van der Waals surface area contributed by atoms with Gasteiger partial charge < -0.3 is 9.88 Å². The fourth-order valence-electron chi connectivity index (χ4n) is 2.89. The lowest BCUT2D eigenvalue weighted by Crippen LogP contribution is -2.17. The maximum absolute atomic E-state index is 4.33. The summed E-state index contributed by atoms with van der Waals surface area (Å²) in [6, 6.07) is 9.43. The summed E-state index contributed by atoms with van der Waals surface area (Å²) in [5, 5.41) is 3.55. The van der Waals surface area contributed by atoms with Gasteiger partial charge in [0, 0.05) is 18.8 Å². The van der Waals surface area contributed by atoms with Crippen molar-refractivity contribution in [3.05, 3.63) is 53.6 Å². The Morgan fingerprint density at radius 2 is 2.10 bits per heavy atom. The monoisotopic (exact) mass is 269 g/mol. The first-order chi connectivity index (χ1) is 9.74. The van der Waals surface area contributed by atoms with Crippen LogP contribution in [0.25, 0.3) is 0 Å². The van der Waals surface area contributed by atoms with Crippen molar-refractivity contribution < 1.29 is 0 Å². The Bertz CT molecular complexity index is 548. The third-order valence-electron chi connectivity index (χ3n) is 4.16. The molecule has 1 aromatic carbocycles. The van der Waals surface area contributed by atoms with Crippen LogP contribution in [0.4, 0.5) is 0 Å². The predicted octanol–water partition coefficient (Wildman–Crippen LogP) is 3.48. The molecule has 3 nitrogen and oxygen atoms in total. The normalized spacial score (nSPS) is 18.9. The zero-order valence-corrected chi connectivity index (χ0v) is 12.3.